The minimum Gasteiger partial charge on any atom is -0.330 e. The molecular formula is C13H16ClN5O. The summed E-state index contributed by atoms with van der Waals surface area (Å²) in [6.07, 6.45) is 2.36. The maximum atomic E-state index is 11.9. The third kappa shape index (κ3) is 3.79. The highest BCUT2D eigenvalue weighted by Crippen LogP contribution is 2.22. The molecule has 0 aliphatic heterocycles. The molecule has 0 aliphatic carbocycles. The summed E-state index contributed by atoms with van der Waals surface area (Å²) in [5.41, 5.74) is 7.83. The molecule has 0 saturated heterocycles. The largest absolute Gasteiger partial charge is 0.330 e. The lowest BCUT2D eigenvalue weighted by Gasteiger charge is -2.07. The molecular weight excluding hydrogens is 278 g/mol. The van der Waals surface area contributed by atoms with Gasteiger partial charge in [-0.1, -0.05) is 22.9 Å². The Hall–Kier alpha value is -1.92. The molecule has 20 heavy (non-hydrogen) atoms. The van der Waals surface area contributed by atoms with Gasteiger partial charge in [-0.05, 0) is 31.2 Å². The van der Waals surface area contributed by atoms with Crippen LogP contribution in [0.15, 0.2) is 24.4 Å². The van der Waals surface area contributed by atoms with E-state index in [0.29, 0.717) is 23.7 Å². The number of nitrogens with two attached hydrogens (primary N) is 1. The van der Waals surface area contributed by atoms with Crippen molar-refractivity contribution in [2.24, 2.45) is 5.73 Å². The SMILES string of the molecule is Cc1ccc(NC(=O)Cn2cc(CCN)nn2)c(Cl)c1. The van der Waals surface area contributed by atoms with E-state index in [0.717, 1.165) is 11.3 Å². The Morgan fingerprint density at radius 2 is 2.30 bits per heavy atom. The van der Waals surface area contributed by atoms with Crippen LogP contribution in [0.25, 0.3) is 0 Å². The molecule has 0 atom stereocenters. The van der Waals surface area contributed by atoms with Crippen molar-refractivity contribution in [2.45, 2.75) is 19.9 Å². The molecule has 0 spiro atoms. The average Bonchev–Trinajstić information content (AvgIpc) is 2.81. The zero-order valence-electron chi connectivity index (χ0n) is 11.1. The van der Waals surface area contributed by atoms with Crippen LogP contribution in [-0.4, -0.2) is 27.4 Å². The minimum atomic E-state index is -0.208. The van der Waals surface area contributed by atoms with Gasteiger partial charge in [-0.3, -0.25) is 4.79 Å². The molecule has 106 valence electrons. The molecule has 7 heteroatoms. The second-order valence-corrected chi connectivity index (χ2v) is 4.88. The normalized spacial score (nSPS) is 10.6. The number of benzene rings is 1. The fourth-order valence-corrected chi connectivity index (χ4v) is 2.02. The van der Waals surface area contributed by atoms with Gasteiger partial charge in [0, 0.05) is 12.6 Å². The van der Waals surface area contributed by atoms with E-state index in [-0.39, 0.29) is 12.5 Å². The Morgan fingerprint density at radius 1 is 1.50 bits per heavy atom. The predicted octanol–water partition coefficient (Wildman–Crippen LogP) is 1.38. The van der Waals surface area contributed by atoms with Gasteiger partial charge < -0.3 is 11.1 Å². The molecule has 6 nitrogen and oxygen atoms in total. The molecule has 1 heterocycles. The number of carbonyl (C=O) groups is 1. The number of hydrogen-bond donors (Lipinski definition) is 2. The Balaban J connectivity index is 1.97. The second-order valence-electron chi connectivity index (χ2n) is 4.48. The molecule has 0 saturated carbocycles. The van der Waals surface area contributed by atoms with Gasteiger partial charge in [0.25, 0.3) is 0 Å². The van der Waals surface area contributed by atoms with Crippen molar-refractivity contribution < 1.29 is 4.79 Å². The van der Waals surface area contributed by atoms with E-state index < -0.39 is 0 Å². The highest BCUT2D eigenvalue weighted by Gasteiger charge is 2.08. The van der Waals surface area contributed by atoms with E-state index in [1.165, 1.54) is 4.68 Å². The molecule has 0 radical (unpaired) electrons. The molecule has 0 unspecified atom stereocenters. The molecule has 2 rings (SSSR count). The zero-order valence-corrected chi connectivity index (χ0v) is 11.9. The van der Waals surface area contributed by atoms with E-state index in [1.807, 2.05) is 13.0 Å². The monoisotopic (exact) mass is 293 g/mol. The van der Waals surface area contributed by atoms with Crippen LogP contribution in [0.5, 0.6) is 0 Å². The summed E-state index contributed by atoms with van der Waals surface area (Å²) in [4.78, 5) is 11.9. The van der Waals surface area contributed by atoms with Crippen LogP contribution in [0.4, 0.5) is 5.69 Å². The van der Waals surface area contributed by atoms with Gasteiger partial charge in [0.05, 0.1) is 16.4 Å². The van der Waals surface area contributed by atoms with Crippen LogP contribution in [0, 0.1) is 6.92 Å². The Labute approximate surface area is 121 Å². The zero-order chi connectivity index (χ0) is 14.5. The van der Waals surface area contributed by atoms with Gasteiger partial charge in [-0.25, -0.2) is 4.68 Å². The lowest BCUT2D eigenvalue weighted by molar-refractivity contribution is -0.116. The summed E-state index contributed by atoms with van der Waals surface area (Å²) < 4.78 is 1.47. The summed E-state index contributed by atoms with van der Waals surface area (Å²) in [6, 6.07) is 5.46. The van der Waals surface area contributed by atoms with Crippen molar-refractivity contribution in [3.63, 3.8) is 0 Å². The fourth-order valence-electron chi connectivity index (χ4n) is 1.74. The topological polar surface area (TPSA) is 85.8 Å². The van der Waals surface area contributed by atoms with E-state index in [4.69, 9.17) is 17.3 Å². The number of amides is 1. The van der Waals surface area contributed by atoms with Crippen LogP contribution in [0.1, 0.15) is 11.3 Å². The van der Waals surface area contributed by atoms with Crippen molar-refractivity contribution in [1.29, 1.82) is 0 Å². The highest BCUT2D eigenvalue weighted by atomic mass is 35.5. The maximum absolute atomic E-state index is 11.9. The lowest BCUT2D eigenvalue weighted by atomic mass is 10.2. The van der Waals surface area contributed by atoms with E-state index in [2.05, 4.69) is 15.6 Å². The highest BCUT2D eigenvalue weighted by molar-refractivity contribution is 6.33. The van der Waals surface area contributed by atoms with Gasteiger partial charge >= 0.3 is 0 Å². The molecule has 3 N–H and O–H groups in total. The number of rotatable bonds is 5. The van der Waals surface area contributed by atoms with Gasteiger partial charge in [0.1, 0.15) is 6.54 Å². The number of nitrogens with one attached hydrogen (secondary N) is 1. The molecule has 0 aliphatic rings. The van der Waals surface area contributed by atoms with Crippen molar-refractivity contribution in [3.8, 4) is 0 Å². The Morgan fingerprint density at radius 3 is 3.00 bits per heavy atom. The van der Waals surface area contributed by atoms with Crippen LogP contribution in [0.3, 0.4) is 0 Å². The average molecular weight is 294 g/mol. The molecule has 0 bridgehead atoms. The number of anilines is 1. The number of aromatic nitrogens is 3. The van der Waals surface area contributed by atoms with Gasteiger partial charge in [-0.2, -0.15) is 0 Å². The van der Waals surface area contributed by atoms with Crippen LogP contribution < -0.4 is 11.1 Å². The molecule has 0 fully saturated rings. The second kappa shape index (κ2) is 6.49. The van der Waals surface area contributed by atoms with Crippen molar-refractivity contribution in [3.05, 3.63) is 40.7 Å². The Bertz CT molecular complexity index is 611. The summed E-state index contributed by atoms with van der Waals surface area (Å²) in [5.74, 6) is -0.208. The third-order valence-corrected chi connectivity index (χ3v) is 3.00. The minimum absolute atomic E-state index is 0.0851. The van der Waals surface area contributed by atoms with E-state index >= 15 is 0 Å². The molecule has 1 amide bonds. The Kier molecular flexibility index (Phi) is 4.70. The summed E-state index contributed by atoms with van der Waals surface area (Å²) >= 11 is 6.06. The first kappa shape index (κ1) is 14.5. The lowest BCUT2D eigenvalue weighted by Crippen LogP contribution is -2.19. The number of aryl methyl sites for hydroxylation is 1. The standard InChI is InChI=1S/C13H16ClN5O/c1-9-2-3-12(11(14)6-9)16-13(20)8-19-7-10(4-5-15)17-18-19/h2-3,6-7H,4-5,8,15H2,1H3,(H,16,20). The van der Waals surface area contributed by atoms with Crippen molar-refractivity contribution in [2.75, 3.05) is 11.9 Å². The van der Waals surface area contributed by atoms with E-state index in [9.17, 15) is 4.79 Å². The number of carbonyl (C=O) groups excluding carboxylic acids is 1. The molecule has 1 aromatic heterocycles. The first-order valence-electron chi connectivity index (χ1n) is 6.23. The number of halogens is 1. The maximum Gasteiger partial charge on any atom is 0.246 e. The van der Waals surface area contributed by atoms with Crippen molar-refractivity contribution >= 4 is 23.2 Å². The summed E-state index contributed by atoms with van der Waals surface area (Å²) in [5, 5.41) is 11.0. The number of hydrogen-bond acceptors (Lipinski definition) is 4. The quantitative estimate of drug-likeness (QED) is 0.872. The van der Waals surface area contributed by atoms with Gasteiger partial charge in [0.15, 0.2) is 0 Å². The van der Waals surface area contributed by atoms with Crippen molar-refractivity contribution in [1.82, 2.24) is 15.0 Å². The van der Waals surface area contributed by atoms with Gasteiger partial charge in [0.2, 0.25) is 5.91 Å². The first-order chi connectivity index (χ1) is 9.58. The number of nitrogens with zero attached hydrogens (tertiary/aromatic N) is 3. The third-order valence-electron chi connectivity index (χ3n) is 2.69. The summed E-state index contributed by atoms with van der Waals surface area (Å²) in [7, 11) is 0. The first-order valence-corrected chi connectivity index (χ1v) is 6.61. The van der Waals surface area contributed by atoms with Crippen LogP contribution >= 0.6 is 11.6 Å². The smallest absolute Gasteiger partial charge is 0.246 e. The van der Waals surface area contributed by atoms with Crippen LogP contribution in [-0.2, 0) is 17.8 Å². The van der Waals surface area contributed by atoms with Gasteiger partial charge in [-0.15, -0.1) is 5.10 Å². The molecule has 2 aromatic rings. The van der Waals surface area contributed by atoms with E-state index in [1.54, 1.807) is 18.3 Å². The summed E-state index contributed by atoms with van der Waals surface area (Å²) in [6.45, 7) is 2.53. The predicted molar refractivity (Wildman–Crippen MR) is 77.6 cm³/mol. The fraction of sp³-hybridized carbons (Fsp3) is 0.308. The van der Waals surface area contributed by atoms with Crippen LogP contribution in [0.2, 0.25) is 5.02 Å². The molecule has 1 aromatic carbocycles.